The topological polar surface area (TPSA) is 65.2 Å². The predicted octanol–water partition coefficient (Wildman–Crippen LogP) is 3.55. The van der Waals surface area contributed by atoms with E-state index in [1.165, 1.54) is 0 Å². The first-order valence-electron chi connectivity index (χ1n) is 9.36. The van der Waals surface area contributed by atoms with Gasteiger partial charge in [0.15, 0.2) is 0 Å². The van der Waals surface area contributed by atoms with Gasteiger partial charge in [-0.05, 0) is 23.3 Å². The molecule has 3 aromatic rings. The van der Waals surface area contributed by atoms with Crippen molar-refractivity contribution < 1.29 is 9.59 Å². The molecule has 2 atom stereocenters. The maximum Gasteiger partial charge on any atom is 0.225 e. The molecule has 0 radical (unpaired) electrons. The molecule has 1 aromatic heterocycles. The van der Waals surface area contributed by atoms with Crippen LogP contribution in [0.5, 0.6) is 0 Å². The second kappa shape index (κ2) is 7.68. The third kappa shape index (κ3) is 3.50. The number of aromatic amines is 1. The number of rotatable bonds is 5. The fourth-order valence-corrected chi connectivity index (χ4v) is 4.18. The summed E-state index contributed by atoms with van der Waals surface area (Å²) in [4.78, 5) is 29.3. The Bertz CT molecular complexity index is 1030. The Morgan fingerprint density at radius 1 is 1.21 bits per heavy atom. The zero-order chi connectivity index (χ0) is 19.7. The van der Waals surface area contributed by atoms with Crippen molar-refractivity contribution in [3.05, 3.63) is 70.9 Å². The van der Waals surface area contributed by atoms with E-state index in [9.17, 15) is 9.59 Å². The molecule has 4 rings (SSSR count). The Balaban J connectivity index is 1.62. The number of hydrogen-bond donors (Lipinski definition) is 2. The van der Waals surface area contributed by atoms with E-state index in [2.05, 4.69) is 16.4 Å². The van der Waals surface area contributed by atoms with E-state index in [0.29, 0.717) is 18.1 Å². The number of para-hydroxylation sites is 1. The van der Waals surface area contributed by atoms with Gasteiger partial charge in [-0.3, -0.25) is 9.59 Å². The highest BCUT2D eigenvalue weighted by atomic mass is 35.5. The second-order valence-electron chi connectivity index (χ2n) is 7.28. The van der Waals surface area contributed by atoms with Gasteiger partial charge in [0.05, 0.1) is 5.92 Å². The molecule has 0 saturated carbocycles. The van der Waals surface area contributed by atoms with E-state index in [1.54, 1.807) is 11.9 Å². The summed E-state index contributed by atoms with van der Waals surface area (Å²) in [7, 11) is 1.73. The molecule has 2 aromatic carbocycles. The van der Waals surface area contributed by atoms with Gasteiger partial charge in [0.2, 0.25) is 11.8 Å². The molecule has 2 N–H and O–H groups in total. The van der Waals surface area contributed by atoms with Crippen LogP contribution >= 0.6 is 11.6 Å². The van der Waals surface area contributed by atoms with Crippen molar-refractivity contribution >= 4 is 34.3 Å². The minimum Gasteiger partial charge on any atom is -0.361 e. The number of H-pyrrole nitrogens is 1. The molecule has 144 valence electrons. The van der Waals surface area contributed by atoms with Crippen molar-refractivity contribution in [3.8, 4) is 0 Å². The molecule has 2 heterocycles. The van der Waals surface area contributed by atoms with Crippen molar-refractivity contribution in [1.29, 1.82) is 0 Å². The molecular formula is C22H22ClN3O2. The number of halogens is 1. The smallest absolute Gasteiger partial charge is 0.225 e. The van der Waals surface area contributed by atoms with Crippen LogP contribution in [0.25, 0.3) is 10.9 Å². The molecule has 0 bridgehead atoms. The number of carbonyl (C=O) groups excluding carboxylic acids is 2. The van der Waals surface area contributed by atoms with E-state index in [4.69, 9.17) is 11.6 Å². The van der Waals surface area contributed by atoms with Crippen LogP contribution in [0.3, 0.4) is 0 Å². The molecular weight excluding hydrogens is 374 g/mol. The standard InChI is InChI=1S/C22H22ClN3O2/c1-26-13-14(10-21(26)27)22(28)25-12-17(15-6-2-4-8-19(15)23)18-11-24-20-9-5-3-7-16(18)20/h2-9,11,14,17,24H,10,12-13H2,1H3,(H,25,28)/t14-,17-/m0/s1. The highest BCUT2D eigenvalue weighted by molar-refractivity contribution is 6.31. The highest BCUT2D eigenvalue weighted by Gasteiger charge is 2.32. The Morgan fingerprint density at radius 2 is 1.96 bits per heavy atom. The van der Waals surface area contributed by atoms with Crippen LogP contribution in [0, 0.1) is 5.92 Å². The second-order valence-corrected chi connectivity index (χ2v) is 7.69. The predicted molar refractivity (Wildman–Crippen MR) is 110 cm³/mol. The van der Waals surface area contributed by atoms with Crippen LogP contribution in [-0.4, -0.2) is 41.8 Å². The number of amides is 2. The summed E-state index contributed by atoms with van der Waals surface area (Å²) < 4.78 is 0. The quantitative estimate of drug-likeness (QED) is 0.693. The maximum absolute atomic E-state index is 12.7. The first kappa shape index (κ1) is 18.6. The lowest BCUT2D eigenvalue weighted by Gasteiger charge is -2.20. The van der Waals surface area contributed by atoms with Gasteiger partial charge in [0.1, 0.15) is 0 Å². The number of nitrogens with zero attached hydrogens (tertiary/aromatic N) is 1. The molecule has 0 unspecified atom stereocenters. The monoisotopic (exact) mass is 395 g/mol. The minimum absolute atomic E-state index is 0.0134. The summed E-state index contributed by atoms with van der Waals surface area (Å²) in [6, 6.07) is 15.8. The molecule has 0 spiro atoms. The molecule has 1 saturated heterocycles. The minimum atomic E-state index is -0.299. The normalized spacial score (nSPS) is 17.9. The lowest BCUT2D eigenvalue weighted by atomic mass is 9.90. The Hall–Kier alpha value is -2.79. The van der Waals surface area contributed by atoms with Crippen molar-refractivity contribution in [2.75, 3.05) is 20.1 Å². The number of hydrogen-bond acceptors (Lipinski definition) is 2. The Morgan fingerprint density at radius 3 is 2.71 bits per heavy atom. The summed E-state index contributed by atoms with van der Waals surface area (Å²) in [6.07, 6.45) is 2.25. The summed E-state index contributed by atoms with van der Waals surface area (Å²) in [5.74, 6) is -0.468. The third-order valence-electron chi connectivity index (χ3n) is 5.47. The third-order valence-corrected chi connectivity index (χ3v) is 5.81. The van der Waals surface area contributed by atoms with Gasteiger partial charge in [-0.1, -0.05) is 48.0 Å². The summed E-state index contributed by atoms with van der Waals surface area (Å²) in [5, 5.41) is 4.83. The zero-order valence-corrected chi connectivity index (χ0v) is 16.4. The summed E-state index contributed by atoms with van der Waals surface area (Å²) in [5.41, 5.74) is 3.10. The Labute approximate surface area is 168 Å². The maximum atomic E-state index is 12.7. The fraction of sp³-hybridized carbons (Fsp3) is 0.273. The number of benzene rings is 2. The van der Waals surface area contributed by atoms with Gasteiger partial charge in [-0.15, -0.1) is 0 Å². The molecule has 2 amide bonds. The van der Waals surface area contributed by atoms with Crippen molar-refractivity contribution in [3.63, 3.8) is 0 Å². The number of aromatic nitrogens is 1. The molecule has 6 heteroatoms. The van der Waals surface area contributed by atoms with E-state index < -0.39 is 0 Å². The molecule has 28 heavy (non-hydrogen) atoms. The van der Waals surface area contributed by atoms with Crippen LogP contribution in [-0.2, 0) is 9.59 Å². The van der Waals surface area contributed by atoms with Crippen LogP contribution < -0.4 is 5.32 Å². The average molecular weight is 396 g/mol. The average Bonchev–Trinajstić information content (AvgIpc) is 3.27. The Kier molecular flexibility index (Phi) is 5.09. The van der Waals surface area contributed by atoms with Gasteiger partial charge in [-0.25, -0.2) is 0 Å². The first-order chi connectivity index (χ1) is 13.5. The number of nitrogens with one attached hydrogen (secondary N) is 2. The van der Waals surface area contributed by atoms with Crippen molar-refractivity contribution in [2.24, 2.45) is 5.92 Å². The molecule has 1 aliphatic rings. The van der Waals surface area contributed by atoms with Crippen molar-refractivity contribution in [2.45, 2.75) is 12.3 Å². The van der Waals surface area contributed by atoms with Gasteiger partial charge in [0.25, 0.3) is 0 Å². The molecule has 1 fully saturated rings. The zero-order valence-electron chi connectivity index (χ0n) is 15.6. The highest BCUT2D eigenvalue weighted by Crippen LogP contribution is 2.34. The SMILES string of the molecule is CN1C[C@@H](C(=O)NC[C@@H](c2ccccc2Cl)c2c[nH]c3ccccc23)CC1=O. The van der Waals surface area contributed by atoms with Gasteiger partial charge in [0, 0.05) is 54.6 Å². The van der Waals surface area contributed by atoms with Gasteiger partial charge >= 0.3 is 0 Å². The van der Waals surface area contributed by atoms with Crippen LogP contribution in [0.2, 0.25) is 5.02 Å². The molecule has 1 aliphatic heterocycles. The fourth-order valence-electron chi connectivity index (χ4n) is 3.91. The van der Waals surface area contributed by atoms with E-state index in [-0.39, 0.29) is 30.1 Å². The van der Waals surface area contributed by atoms with E-state index in [1.807, 2.05) is 48.7 Å². The summed E-state index contributed by atoms with van der Waals surface area (Å²) >= 11 is 6.49. The number of carbonyl (C=O) groups is 2. The van der Waals surface area contributed by atoms with Crippen molar-refractivity contribution in [1.82, 2.24) is 15.2 Å². The lowest BCUT2D eigenvalue weighted by Crippen LogP contribution is -2.35. The molecule has 5 nitrogen and oxygen atoms in total. The lowest BCUT2D eigenvalue weighted by molar-refractivity contribution is -0.128. The van der Waals surface area contributed by atoms with E-state index in [0.717, 1.165) is 22.0 Å². The largest absolute Gasteiger partial charge is 0.361 e. The van der Waals surface area contributed by atoms with Gasteiger partial charge in [-0.2, -0.15) is 0 Å². The first-order valence-corrected chi connectivity index (χ1v) is 9.74. The molecule has 0 aliphatic carbocycles. The number of fused-ring (bicyclic) bond motifs is 1. The number of likely N-dealkylation sites (tertiary alicyclic amines) is 1. The van der Waals surface area contributed by atoms with Gasteiger partial charge < -0.3 is 15.2 Å². The van der Waals surface area contributed by atoms with Crippen LogP contribution in [0.4, 0.5) is 0 Å². The van der Waals surface area contributed by atoms with Crippen LogP contribution in [0.15, 0.2) is 54.7 Å². The van der Waals surface area contributed by atoms with E-state index >= 15 is 0 Å². The summed E-state index contributed by atoms with van der Waals surface area (Å²) in [6.45, 7) is 0.882. The van der Waals surface area contributed by atoms with Crippen LogP contribution in [0.1, 0.15) is 23.5 Å².